The average Bonchev–Trinajstić information content (AvgIpc) is 2.70. The zero-order valence-electron chi connectivity index (χ0n) is 15.4. The van der Waals surface area contributed by atoms with E-state index in [-0.39, 0.29) is 5.69 Å². The predicted octanol–water partition coefficient (Wildman–Crippen LogP) is 0.125. The van der Waals surface area contributed by atoms with Gasteiger partial charge in [-0.05, 0) is 29.3 Å². The number of nitro groups is 1. The molecule has 3 rings (SSSR count). The lowest BCUT2D eigenvalue weighted by molar-refractivity contribution is -1.01. The molecule has 6 nitrogen and oxygen atoms in total. The molecule has 0 amide bonds. The largest absolute Gasteiger partial charge is 0.382 e. The number of aliphatic hydroxyl groups is 1. The second-order valence-electron chi connectivity index (χ2n) is 7.09. The normalized spacial score (nSPS) is 21.2. The van der Waals surface area contributed by atoms with Gasteiger partial charge in [0.25, 0.3) is 5.69 Å². The van der Waals surface area contributed by atoms with Crippen LogP contribution in [0.3, 0.4) is 0 Å². The van der Waals surface area contributed by atoms with Crippen LogP contribution in [-0.2, 0) is 0 Å². The van der Waals surface area contributed by atoms with Gasteiger partial charge in [-0.2, -0.15) is 0 Å². The van der Waals surface area contributed by atoms with Crippen molar-refractivity contribution in [1.29, 1.82) is 0 Å². The lowest BCUT2D eigenvalue weighted by Gasteiger charge is -2.30. The van der Waals surface area contributed by atoms with Crippen molar-refractivity contribution in [2.24, 2.45) is 0 Å². The minimum Gasteiger partial charge on any atom is -0.382 e. The third kappa shape index (κ3) is 5.72. The summed E-state index contributed by atoms with van der Waals surface area (Å²) in [6.45, 7) is 5.89. The Kier molecular flexibility index (Phi) is 6.70. The fourth-order valence-corrected chi connectivity index (χ4v) is 3.50. The number of piperazine rings is 1. The fraction of sp³-hybridized carbons (Fsp3) is 0.333. The van der Waals surface area contributed by atoms with E-state index in [0.717, 1.165) is 38.3 Å². The van der Waals surface area contributed by atoms with Crippen molar-refractivity contribution >= 4 is 11.8 Å². The number of rotatable bonds is 7. The Labute approximate surface area is 159 Å². The van der Waals surface area contributed by atoms with Crippen molar-refractivity contribution in [1.82, 2.24) is 0 Å². The van der Waals surface area contributed by atoms with Crippen molar-refractivity contribution in [3.05, 3.63) is 81.9 Å². The molecule has 2 aromatic rings. The van der Waals surface area contributed by atoms with Crippen LogP contribution in [-0.4, -0.2) is 49.3 Å². The molecule has 1 aliphatic rings. The van der Waals surface area contributed by atoms with Crippen LogP contribution in [0.1, 0.15) is 17.2 Å². The molecule has 1 atom stereocenters. The average molecular weight is 369 g/mol. The summed E-state index contributed by atoms with van der Waals surface area (Å²) in [6, 6.07) is 16.5. The van der Waals surface area contributed by atoms with E-state index in [1.54, 1.807) is 17.0 Å². The van der Waals surface area contributed by atoms with Crippen molar-refractivity contribution in [2.45, 2.75) is 6.10 Å². The molecule has 1 saturated heterocycles. The summed E-state index contributed by atoms with van der Waals surface area (Å²) in [5.74, 6) is 0. The zero-order valence-corrected chi connectivity index (χ0v) is 15.4. The number of nitrogens with one attached hydrogen (secondary N) is 2. The summed E-state index contributed by atoms with van der Waals surface area (Å²) in [5, 5.41) is 21.1. The summed E-state index contributed by atoms with van der Waals surface area (Å²) >= 11 is 0. The molecule has 0 unspecified atom stereocenters. The van der Waals surface area contributed by atoms with Crippen molar-refractivity contribution in [3.63, 3.8) is 0 Å². The van der Waals surface area contributed by atoms with Crippen LogP contribution in [0, 0.1) is 10.1 Å². The summed E-state index contributed by atoms with van der Waals surface area (Å²) in [7, 11) is 0. The molecule has 0 aromatic heterocycles. The highest BCUT2D eigenvalue weighted by Crippen LogP contribution is 2.16. The van der Waals surface area contributed by atoms with Gasteiger partial charge < -0.3 is 14.9 Å². The van der Waals surface area contributed by atoms with Gasteiger partial charge in [0.2, 0.25) is 0 Å². The third-order valence-corrected chi connectivity index (χ3v) is 5.15. The van der Waals surface area contributed by atoms with Gasteiger partial charge in [-0.1, -0.05) is 36.4 Å². The Hall–Kier alpha value is -2.54. The molecule has 142 valence electrons. The molecule has 0 spiro atoms. The topological polar surface area (TPSA) is 72.2 Å². The first-order chi connectivity index (χ1) is 13.1. The molecule has 1 fully saturated rings. The van der Waals surface area contributed by atoms with Gasteiger partial charge in [-0.15, -0.1) is 0 Å². The molecule has 0 bridgehead atoms. The Morgan fingerprint density at radius 1 is 1.00 bits per heavy atom. The Bertz CT molecular complexity index is 754. The first kappa shape index (κ1) is 19.2. The van der Waals surface area contributed by atoms with Gasteiger partial charge in [0.05, 0.1) is 11.5 Å². The van der Waals surface area contributed by atoms with E-state index in [1.807, 2.05) is 18.2 Å². The predicted molar refractivity (Wildman–Crippen MR) is 105 cm³/mol. The number of aliphatic hydroxyl groups excluding tert-OH is 1. The maximum absolute atomic E-state index is 10.7. The maximum Gasteiger partial charge on any atom is 0.269 e. The Morgan fingerprint density at radius 2 is 1.63 bits per heavy atom. The smallest absolute Gasteiger partial charge is 0.269 e. The summed E-state index contributed by atoms with van der Waals surface area (Å²) < 4.78 is 0. The standard InChI is InChI=1S/C21H25N3O3/c25-21(19-8-10-20(11-9-19)24(26)27)17-23-15-13-22(14-16-23)12-4-7-18-5-2-1-3-6-18/h1-11,21,25H,12-17H2/p+2/b7-4+/t21-/m1/s1. The van der Waals surface area contributed by atoms with Gasteiger partial charge in [-0.25, -0.2) is 0 Å². The highest BCUT2D eigenvalue weighted by Gasteiger charge is 2.25. The summed E-state index contributed by atoms with van der Waals surface area (Å²) in [4.78, 5) is 13.2. The molecule has 27 heavy (non-hydrogen) atoms. The quantitative estimate of drug-likeness (QED) is 0.480. The fourth-order valence-electron chi connectivity index (χ4n) is 3.50. The first-order valence-corrected chi connectivity index (χ1v) is 9.43. The van der Waals surface area contributed by atoms with Crippen LogP contribution in [0.25, 0.3) is 6.08 Å². The monoisotopic (exact) mass is 369 g/mol. The van der Waals surface area contributed by atoms with Gasteiger partial charge in [0.15, 0.2) is 0 Å². The van der Waals surface area contributed by atoms with Gasteiger partial charge >= 0.3 is 0 Å². The van der Waals surface area contributed by atoms with Crippen LogP contribution in [0.15, 0.2) is 60.7 Å². The van der Waals surface area contributed by atoms with Crippen LogP contribution < -0.4 is 9.80 Å². The van der Waals surface area contributed by atoms with E-state index in [1.165, 1.54) is 22.6 Å². The van der Waals surface area contributed by atoms with E-state index in [0.29, 0.717) is 6.54 Å². The Balaban J connectivity index is 1.42. The Morgan fingerprint density at radius 3 is 2.26 bits per heavy atom. The van der Waals surface area contributed by atoms with Crippen molar-refractivity contribution in [3.8, 4) is 0 Å². The number of non-ortho nitro benzene ring substituents is 1. The number of quaternary nitrogens is 2. The van der Waals surface area contributed by atoms with Crippen molar-refractivity contribution in [2.75, 3.05) is 39.3 Å². The molecule has 6 heteroatoms. The molecule has 0 saturated carbocycles. The van der Waals surface area contributed by atoms with E-state index in [4.69, 9.17) is 0 Å². The van der Waals surface area contributed by atoms with E-state index >= 15 is 0 Å². The molecule has 2 aromatic carbocycles. The van der Waals surface area contributed by atoms with Crippen LogP contribution >= 0.6 is 0 Å². The minimum atomic E-state index is -0.583. The molecule has 0 aliphatic carbocycles. The molecule has 3 N–H and O–H groups in total. The third-order valence-electron chi connectivity index (χ3n) is 5.15. The van der Waals surface area contributed by atoms with E-state index in [2.05, 4.69) is 24.3 Å². The second kappa shape index (κ2) is 9.41. The van der Waals surface area contributed by atoms with Gasteiger partial charge in [0.1, 0.15) is 38.8 Å². The lowest BCUT2D eigenvalue weighted by Crippen LogP contribution is -3.28. The van der Waals surface area contributed by atoms with Crippen LogP contribution in [0.5, 0.6) is 0 Å². The minimum absolute atomic E-state index is 0.0547. The molecule has 1 aliphatic heterocycles. The van der Waals surface area contributed by atoms with E-state index < -0.39 is 11.0 Å². The number of benzene rings is 2. The summed E-state index contributed by atoms with van der Waals surface area (Å²) in [6.07, 6.45) is 3.83. The molecule has 1 heterocycles. The highest BCUT2D eigenvalue weighted by molar-refractivity contribution is 5.48. The highest BCUT2D eigenvalue weighted by atomic mass is 16.6. The first-order valence-electron chi connectivity index (χ1n) is 9.43. The molecular formula is C21H27N3O3+2. The number of hydrogen-bond acceptors (Lipinski definition) is 3. The second-order valence-corrected chi connectivity index (χ2v) is 7.09. The number of nitrogens with zero attached hydrogens (tertiary/aromatic N) is 1. The number of hydrogen-bond donors (Lipinski definition) is 3. The lowest BCUT2D eigenvalue weighted by atomic mass is 10.1. The van der Waals surface area contributed by atoms with Crippen molar-refractivity contribution < 1.29 is 19.8 Å². The molecular weight excluding hydrogens is 342 g/mol. The maximum atomic E-state index is 10.7. The SMILES string of the molecule is O=[N+]([O-])c1ccc([C@H](O)C[NH+]2CC[NH+](C/C=C/c3ccccc3)CC2)cc1. The van der Waals surface area contributed by atoms with E-state index in [9.17, 15) is 15.2 Å². The zero-order chi connectivity index (χ0) is 19.1. The molecule has 0 radical (unpaired) electrons. The summed E-state index contributed by atoms with van der Waals surface area (Å²) in [5.41, 5.74) is 2.03. The van der Waals surface area contributed by atoms with Crippen LogP contribution in [0.4, 0.5) is 5.69 Å². The van der Waals surface area contributed by atoms with Gasteiger partial charge in [0, 0.05) is 12.1 Å². The number of nitro benzene ring substituents is 1. The van der Waals surface area contributed by atoms with Gasteiger partial charge in [-0.3, -0.25) is 10.1 Å². The van der Waals surface area contributed by atoms with Crippen LogP contribution in [0.2, 0.25) is 0 Å².